The van der Waals surface area contributed by atoms with Crippen LogP contribution in [0.2, 0.25) is 0 Å². The topological polar surface area (TPSA) is 105 Å². The number of ether oxygens (including phenoxy) is 2. The molecule has 0 spiro atoms. The highest BCUT2D eigenvalue weighted by Gasteiger charge is 2.43. The third-order valence-electron chi connectivity index (χ3n) is 3.21. The van der Waals surface area contributed by atoms with Gasteiger partial charge in [0.1, 0.15) is 18.3 Å². The van der Waals surface area contributed by atoms with E-state index in [9.17, 15) is 10.2 Å². The summed E-state index contributed by atoms with van der Waals surface area (Å²) in [7, 11) is 0. The molecule has 2 rings (SSSR count). The lowest BCUT2D eigenvalue weighted by atomic mass is 9.97. The van der Waals surface area contributed by atoms with Crippen LogP contribution in [0.5, 0.6) is 0 Å². The molecule has 1 aliphatic rings. The van der Waals surface area contributed by atoms with Gasteiger partial charge in [-0.3, -0.25) is 0 Å². The highest BCUT2D eigenvalue weighted by molar-refractivity contribution is 5.13. The molecule has 1 fully saturated rings. The Balaban J connectivity index is 2.00. The van der Waals surface area contributed by atoms with Crippen molar-refractivity contribution in [3.05, 3.63) is 35.9 Å². The summed E-state index contributed by atoms with van der Waals surface area (Å²) in [5, 5.41) is 28.7. The molecular formula is C13H19NO5. The van der Waals surface area contributed by atoms with Gasteiger partial charge in [0.05, 0.1) is 19.3 Å². The van der Waals surface area contributed by atoms with E-state index < -0.39 is 37.3 Å². The molecule has 1 aromatic carbocycles. The van der Waals surface area contributed by atoms with E-state index in [0.717, 1.165) is 5.56 Å². The van der Waals surface area contributed by atoms with Gasteiger partial charge in [-0.1, -0.05) is 30.3 Å². The summed E-state index contributed by atoms with van der Waals surface area (Å²) in [5.74, 6) is 0. The predicted molar refractivity (Wildman–Crippen MR) is 67.0 cm³/mol. The fourth-order valence-corrected chi connectivity index (χ4v) is 2.08. The van der Waals surface area contributed by atoms with E-state index in [4.69, 9.17) is 20.3 Å². The second kappa shape index (κ2) is 6.42. The van der Waals surface area contributed by atoms with Gasteiger partial charge >= 0.3 is 0 Å². The van der Waals surface area contributed by atoms with Gasteiger partial charge in [0.2, 0.25) is 0 Å². The standard InChI is InChI=1S/C13H19NO5/c14-10-12(11(16)9(6-15)19-13(10)17)18-7-8-4-2-1-3-5-8/h1-5,9-13,15-17H,6-7,14H2/t9-,10-,11-,12-,13+/m1/s1. The Morgan fingerprint density at radius 1 is 1.21 bits per heavy atom. The van der Waals surface area contributed by atoms with Crippen LogP contribution in [0.4, 0.5) is 0 Å². The average molecular weight is 269 g/mol. The van der Waals surface area contributed by atoms with E-state index in [1.165, 1.54) is 0 Å². The largest absolute Gasteiger partial charge is 0.394 e. The molecule has 0 unspecified atom stereocenters. The summed E-state index contributed by atoms with van der Waals surface area (Å²) >= 11 is 0. The van der Waals surface area contributed by atoms with Crippen molar-refractivity contribution in [2.75, 3.05) is 6.61 Å². The van der Waals surface area contributed by atoms with Crippen molar-refractivity contribution in [2.45, 2.75) is 37.3 Å². The molecule has 0 aromatic heterocycles. The Labute approximate surface area is 111 Å². The first-order chi connectivity index (χ1) is 9.13. The second-order valence-corrected chi connectivity index (χ2v) is 4.58. The van der Waals surface area contributed by atoms with Crippen LogP contribution in [0.3, 0.4) is 0 Å². The van der Waals surface area contributed by atoms with Crippen LogP contribution in [0, 0.1) is 0 Å². The van der Waals surface area contributed by atoms with Crippen molar-refractivity contribution in [3.8, 4) is 0 Å². The molecule has 0 radical (unpaired) electrons. The minimum Gasteiger partial charge on any atom is -0.394 e. The Morgan fingerprint density at radius 3 is 2.53 bits per heavy atom. The zero-order chi connectivity index (χ0) is 13.8. The molecule has 19 heavy (non-hydrogen) atoms. The van der Waals surface area contributed by atoms with Gasteiger partial charge in [-0.05, 0) is 5.56 Å². The number of aliphatic hydroxyl groups excluding tert-OH is 3. The van der Waals surface area contributed by atoms with Crippen molar-refractivity contribution in [1.29, 1.82) is 0 Å². The maximum atomic E-state index is 9.99. The maximum absolute atomic E-state index is 9.99. The SMILES string of the molecule is N[C@@H]1[C@@H](OCc2ccccc2)[C@H](O)[C@@H](CO)O[C@@H]1O. The summed E-state index contributed by atoms with van der Waals surface area (Å²) in [4.78, 5) is 0. The zero-order valence-electron chi connectivity index (χ0n) is 10.4. The fraction of sp³-hybridized carbons (Fsp3) is 0.538. The quantitative estimate of drug-likeness (QED) is 0.557. The maximum Gasteiger partial charge on any atom is 0.173 e. The van der Waals surface area contributed by atoms with E-state index in [2.05, 4.69) is 0 Å². The third kappa shape index (κ3) is 3.30. The lowest BCUT2D eigenvalue weighted by Gasteiger charge is -2.40. The highest BCUT2D eigenvalue weighted by Crippen LogP contribution is 2.22. The van der Waals surface area contributed by atoms with Gasteiger partial charge in [-0.25, -0.2) is 0 Å². The highest BCUT2D eigenvalue weighted by atomic mass is 16.6. The molecule has 1 heterocycles. The summed E-state index contributed by atoms with van der Waals surface area (Å²) in [6.07, 6.45) is -4.02. The summed E-state index contributed by atoms with van der Waals surface area (Å²) in [5.41, 5.74) is 6.69. The first-order valence-corrected chi connectivity index (χ1v) is 6.17. The molecule has 0 saturated carbocycles. The number of nitrogens with two attached hydrogens (primary N) is 1. The van der Waals surface area contributed by atoms with Crippen molar-refractivity contribution >= 4 is 0 Å². The lowest BCUT2D eigenvalue weighted by molar-refractivity contribution is -0.258. The van der Waals surface area contributed by atoms with Crippen molar-refractivity contribution in [1.82, 2.24) is 0 Å². The minimum absolute atomic E-state index is 0.265. The van der Waals surface area contributed by atoms with Crippen molar-refractivity contribution in [3.63, 3.8) is 0 Å². The van der Waals surface area contributed by atoms with Crippen LogP contribution in [0.1, 0.15) is 5.56 Å². The number of hydrogen-bond acceptors (Lipinski definition) is 6. The zero-order valence-corrected chi connectivity index (χ0v) is 10.4. The summed E-state index contributed by atoms with van der Waals surface area (Å²) in [6.45, 7) is -0.142. The molecule has 5 atom stereocenters. The van der Waals surface area contributed by atoms with Gasteiger partial charge in [0.15, 0.2) is 6.29 Å². The van der Waals surface area contributed by atoms with Gasteiger partial charge < -0.3 is 30.5 Å². The molecular weight excluding hydrogens is 250 g/mol. The molecule has 0 amide bonds. The Morgan fingerprint density at radius 2 is 1.89 bits per heavy atom. The number of hydrogen-bond donors (Lipinski definition) is 4. The molecule has 5 N–H and O–H groups in total. The van der Waals surface area contributed by atoms with E-state index in [1.807, 2.05) is 30.3 Å². The van der Waals surface area contributed by atoms with E-state index in [-0.39, 0.29) is 6.61 Å². The summed E-state index contributed by atoms with van der Waals surface area (Å²) < 4.78 is 10.6. The molecule has 1 saturated heterocycles. The molecule has 0 aliphatic carbocycles. The van der Waals surface area contributed by atoms with E-state index >= 15 is 0 Å². The fourth-order valence-electron chi connectivity index (χ4n) is 2.08. The minimum atomic E-state index is -1.26. The molecule has 0 bridgehead atoms. The number of rotatable bonds is 4. The van der Waals surface area contributed by atoms with Crippen molar-refractivity contribution < 1.29 is 24.8 Å². The summed E-state index contributed by atoms with van der Waals surface area (Å²) in [6, 6.07) is 8.56. The van der Waals surface area contributed by atoms with Crippen LogP contribution in [-0.4, -0.2) is 52.6 Å². The number of benzene rings is 1. The smallest absolute Gasteiger partial charge is 0.173 e. The predicted octanol–water partition coefficient (Wildman–Crippen LogP) is -1.03. The first kappa shape index (κ1) is 14.4. The molecule has 6 heteroatoms. The second-order valence-electron chi connectivity index (χ2n) is 4.58. The van der Waals surface area contributed by atoms with Crippen LogP contribution >= 0.6 is 0 Å². The normalized spacial score (nSPS) is 35.3. The molecule has 6 nitrogen and oxygen atoms in total. The molecule has 1 aromatic rings. The van der Waals surface area contributed by atoms with Crippen molar-refractivity contribution in [2.24, 2.45) is 5.73 Å². The monoisotopic (exact) mass is 269 g/mol. The van der Waals surface area contributed by atoms with Gasteiger partial charge in [0.25, 0.3) is 0 Å². The Bertz CT molecular complexity index is 388. The Kier molecular flexibility index (Phi) is 4.87. The van der Waals surface area contributed by atoms with Gasteiger partial charge in [-0.15, -0.1) is 0 Å². The van der Waals surface area contributed by atoms with Gasteiger partial charge in [-0.2, -0.15) is 0 Å². The average Bonchev–Trinajstić information content (AvgIpc) is 2.44. The van der Waals surface area contributed by atoms with Crippen LogP contribution in [0.15, 0.2) is 30.3 Å². The molecule has 106 valence electrons. The Hall–Kier alpha value is -1.02. The third-order valence-corrected chi connectivity index (χ3v) is 3.21. The number of aliphatic hydroxyl groups is 3. The molecule has 1 aliphatic heterocycles. The van der Waals surface area contributed by atoms with E-state index in [0.29, 0.717) is 0 Å². The lowest BCUT2D eigenvalue weighted by Crippen LogP contribution is -2.62. The van der Waals surface area contributed by atoms with Crippen LogP contribution in [-0.2, 0) is 16.1 Å². The van der Waals surface area contributed by atoms with Crippen LogP contribution < -0.4 is 5.73 Å². The van der Waals surface area contributed by atoms with Crippen LogP contribution in [0.25, 0.3) is 0 Å². The van der Waals surface area contributed by atoms with Gasteiger partial charge in [0, 0.05) is 0 Å². The van der Waals surface area contributed by atoms with E-state index in [1.54, 1.807) is 0 Å². The first-order valence-electron chi connectivity index (χ1n) is 6.17.